The summed E-state index contributed by atoms with van der Waals surface area (Å²) in [6.45, 7) is 1.91. The third-order valence-corrected chi connectivity index (χ3v) is 2.95. The van der Waals surface area contributed by atoms with E-state index in [2.05, 4.69) is 0 Å². The Kier molecular flexibility index (Phi) is 2.44. The Hall–Kier alpha value is -1.06. The number of rotatable bonds is 2. The number of hydrogen-bond acceptors (Lipinski definition) is 3. The Labute approximate surface area is 90.1 Å². The van der Waals surface area contributed by atoms with E-state index in [1.54, 1.807) is 18.2 Å². The lowest BCUT2D eigenvalue weighted by atomic mass is 10.1. The fourth-order valence-electron chi connectivity index (χ4n) is 1.19. The van der Waals surface area contributed by atoms with E-state index in [9.17, 15) is 4.79 Å². The van der Waals surface area contributed by atoms with Crippen LogP contribution in [0.15, 0.2) is 28.0 Å². The number of ketones is 1. The number of aryl methyl sites for hydroxylation is 1. The van der Waals surface area contributed by atoms with Crippen LogP contribution in [-0.2, 0) is 0 Å². The minimum absolute atomic E-state index is 0.115. The summed E-state index contributed by atoms with van der Waals surface area (Å²) in [7, 11) is 0. The standard InChI is InChI=1S/C10H7ClO2S/c1-6-7(4-5-14-6)10(12)8-2-3-9(11)13-8/h2-5H,1H3. The lowest BCUT2D eigenvalue weighted by Crippen LogP contribution is -1.98. The van der Waals surface area contributed by atoms with Gasteiger partial charge in [0.1, 0.15) is 0 Å². The van der Waals surface area contributed by atoms with Crippen LogP contribution in [0, 0.1) is 6.92 Å². The predicted octanol–water partition coefficient (Wildman–Crippen LogP) is 3.53. The van der Waals surface area contributed by atoms with Gasteiger partial charge in [0.05, 0.1) is 0 Å². The van der Waals surface area contributed by atoms with E-state index in [-0.39, 0.29) is 16.8 Å². The highest BCUT2D eigenvalue weighted by Crippen LogP contribution is 2.21. The first-order valence-electron chi connectivity index (χ1n) is 4.02. The van der Waals surface area contributed by atoms with Gasteiger partial charge in [-0.1, -0.05) is 0 Å². The van der Waals surface area contributed by atoms with Crippen LogP contribution in [0.1, 0.15) is 21.0 Å². The molecular formula is C10H7ClO2S. The van der Waals surface area contributed by atoms with Gasteiger partial charge in [-0.15, -0.1) is 11.3 Å². The molecule has 0 aliphatic rings. The van der Waals surface area contributed by atoms with Crippen molar-refractivity contribution in [1.29, 1.82) is 0 Å². The second-order valence-corrected chi connectivity index (χ2v) is 4.32. The zero-order valence-corrected chi connectivity index (χ0v) is 8.98. The average molecular weight is 227 g/mol. The number of carbonyl (C=O) groups is 1. The van der Waals surface area contributed by atoms with Crippen LogP contribution in [0.2, 0.25) is 5.22 Å². The molecule has 2 aromatic rings. The van der Waals surface area contributed by atoms with Crippen LogP contribution in [0.25, 0.3) is 0 Å². The van der Waals surface area contributed by atoms with Crippen LogP contribution < -0.4 is 0 Å². The molecule has 4 heteroatoms. The zero-order chi connectivity index (χ0) is 10.1. The van der Waals surface area contributed by atoms with Crippen LogP contribution in [0.4, 0.5) is 0 Å². The molecule has 0 spiro atoms. The van der Waals surface area contributed by atoms with Gasteiger partial charge in [-0.25, -0.2) is 0 Å². The van der Waals surface area contributed by atoms with Gasteiger partial charge in [0.2, 0.25) is 5.78 Å². The maximum absolute atomic E-state index is 11.8. The summed E-state index contributed by atoms with van der Waals surface area (Å²) in [6.07, 6.45) is 0. The smallest absolute Gasteiger partial charge is 0.229 e. The van der Waals surface area contributed by atoms with Crippen molar-refractivity contribution in [1.82, 2.24) is 0 Å². The second kappa shape index (κ2) is 3.59. The molecule has 0 bridgehead atoms. The number of carbonyl (C=O) groups excluding carboxylic acids is 1. The van der Waals surface area contributed by atoms with Gasteiger partial charge >= 0.3 is 0 Å². The van der Waals surface area contributed by atoms with E-state index in [1.807, 2.05) is 12.3 Å². The fraction of sp³-hybridized carbons (Fsp3) is 0.100. The highest BCUT2D eigenvalue weighted by Gasteiger charge is 2.15. The third kappa shape index (κ3) is 1.61. The first-order chi connectivity index (χ1) is 6.68. The number of hydrogen-bond donors (Lipinski definition) is 0. The van der Waals surface area contributed by atoms with Gasteiger partial charge in [-0.2, -0.15) is 0 Å². The van der Waals surface area contributed by atoms with Crippen molar-refractivity contribution in [3.63, 3.8) is 0 Å². The molecule has 2 rings (SSSR count). The maximum atomic E-state index is 11.8. The van der Waals surface area contributed by atoms with Crippen molar-refractivity contribution in [3.8, 4) is 0 Å². The van der Waals surface area contributed by atoms with Crippen LogP contribution >= 0.6 is 22.9 Å². The van der Waals surface area contributed by atoms with Crippen LogP contribution in [0.5, 0.6) is 0 Å². The van der Waals surface area contributed by atoms with E-state index in [4.69, 9.17) is 16.0 Å². The summed E-state index contributed by atoms with van der Waals surface area (Å²) in [6, 6.07) is 4.94. The molecule has 0 saturated carbocycles. The highest BCUT2D eigenvalue weighted by molar-refractivity contribution is 7.10. The van der Waals surface area contributed by atoms with Gasteiger partial charge in [0.25, 0.3) is 0 Å². The predicted molar refractivity (Wildman–Crippen MR) is 56.2 cm³/mol. The normalized spacial score (nSPS) is 10.4. The van der Waals surface area contributed by atoms with E-state index in [0.717, 1.165) is 4.88 Å². The van der Waals surface area contributed by atoms with Crippen molar-refractivity contribution in [3.05, 3.63) is 45.0 Å². The molecule has 2 aromatic heterocycles. The van der Waals surface area contributed by atoms with Gasteiger partial charge in [-0.3, -0.25) is 4.79 Å². The van der Waals surface area contributed by atoms with Gasteiger partial charge in [-0.05, 0) is 42.1 Å². The molecule has 0 radical (unpaired) electrons. The number of halogens is 1. The molecule has 0 unspecified atom stereocenters. The largest absolute Gasteiger partial charge is 0.441 e. The minimum Gasteiger partial charge on any atom is -0.441 e. The van der Waals surface area contributed by atoms with Gasteiger partial charge in [0, 0.05) is 10.4 Å². The Morgan fingerprint density at radius 2 is 2.21 bits per heavy atom. The van der Waals surface area contributed by atoms with Gasteiger partial charge < -0.3 is 4.42 Å². The molecule has 0 fully saturated rings. The molecule has 0 N–H and O–H groups in total. The first-order valence-corrected chi connectivity index (χ1v) is 5.28. The molecule has 0 aliphatic carbocycles. The van der Waals surface area contributed by atoms with Gasteiger partial charge in [0.15, 0.2) is 11.0 Å². The van der Waals surface area contributed by atoms with Crippen molar-refractivity contribution >= 4 is 28.7 Å². The Morgan fingerprint density at radius 1 is 1.43 bits per heavy atom. The molecule has 0 saturated heterocycles. The Bertz CT molecular complexity index is 470. The molecule has 0 atom stereocenters. The summed E-state index contributed by atoms with van der Waals surface area (Å²) in [5.41, 5.74) is 0.681. The fourth-order valence-corrected chi connectivity index (χ4v) is 2.03. The monoisotopic (exact) mass is 226 g/mol. The van der Waals surface area contributed by atoms with Crippen LogP contribution in [-0.4, -0.2) is 5.78 Å². The summed E-state index contributed by atoms with van der Waals surface area (Å²) in [4.78, 5) is 12.8. The topological polar surface area (TPSA) is 30.2 Å². The Morgan fingerprint density at radius 3 is 2.71 bits per heavy atom. The SMILES string of the molecule is Cc1sccc1C(=O)c1ccc(Cl)o1. The first kappa shape index (κ1) is 9.49. The van der Waals surface area contributed by atoms with Crippen LogP contribution in [0.3, 0.4) is 0 Å². The minimum atomic E-state index is -0.115. The molecule has 0 aliphatic heterocycles. The Balaban J connectivity index is 2.38. The van der Waals surface area contributed by atoms with Crippen molar-refractivity contribution in [2.75, 3.05) is 0 Å². The lowest BCUT2D eigenvalue weighted by molar-refractivity contribution is 0.101. The van der Waals surface area contributed by atoms with Crippen molar-refractivity contribution in [2.45, 2.75) is 6.92 Å². The molecule has 0 amide bonds. The molecular weight excluding hydrogens is 220 g/mol. The lowest BCUT2D eigenvalue weighted by Gasteiger charge is -1.94. The summed E-state index contributed by atoms with van der Waals surface area (Å²) < 4.78 is 5.04. The molecule has 2 heterocycles. The van der Waals surface area contributed by atoms with Crippen molar-refractivity contribution in [2.24, 2.45) is 0 Å². The van der Waals surface area contributed by atoms with E-state index in [1.165, 1.54) is 11.3 Å². The second-order valence-electron chi connectivity index (χ2n) is 2.82. The van der Waals surface area contributed by atoms with E-state index < -0.39 is 0 Å². The third-order valence-electron chi connectivity index (χ3n) is 1.90. The molecule has 72 valence electrons. The average Bonchev–Trinajstić information content (AvgIpc) is 2.73. The van der Waals surface area contributed by atoms with Crippen molar-refractivity contribution < 1.29 is 9.21 Å². The summed E-state index contributed by atoms with van der Waals surface area (Å²) in [5.74, 6) is 0.173. The number of furan rings is 1. The summed E-state index contributed by atoms with van der Waals surface area (Å²) >= 11 is 7.13. The quantitative estimate of drug-likeness (QED) is 0.734. The molecule has 0 aromatic carbocycles. The van der Waals surface area contributed by atoms with E-state index in [0.29, 0.717) is 5.56 Å². The number of thiophene rings is 1. The zero-order valence-electron chi connectivity index (χ0n) is 7.41. The maximum Gasteiger partial charge on any atom is 0.229 e. The molecule has 14 heavy (non-hydrogen) atoms. The van der Waals surface area contributed by atoms with E-state index >= 15 is 0 Å². The summed E-state index contributed by atoms with van der Waals surface area (Å²) in [5, 5.41) is 2.12. The molecule has 2 nitrogen and oxygen atoms in total. The highest BCUT2D eigenvalue weighted by atomic mass is 35.5.